The highest BCUT2D eigenvalue weighted by atomic mass is 32.2. The molecule has 0 spiro atoms. The van der Waals surface area contributed by atoms with E-state index >= 15 is 0 Å². The maximum absolute atomic E-state index is 13.4. The minimum atomic E-state index is -4.12. The van der Waals surface area contributed by atoms with E-state index in [0.717, 1.165) is 42.6 Å². The van der Waals surface area contributed by atoms with Crippen LogP contribution < -0.4 is 9.46 Å². The summed E-state index contributed by atoms with van der Waals surface area (Å²) in [5, 5.41) is 18.4. The van der Waals surface area contributed by atoms with Crippen LogP contribution in [0.5, 0.6) is 11.5 Å². The number of rotatable bonds is 5. The maximum atomic E-state index is 13.4. The molecule has 10 heteroatoms. The fourth-order valence-corrected chi connectivity index (χ4v) is 3.31. The molecule has 0 amide bonds. The van der Waals surface area contributed by atoms with Gasteiger partial charge in [-0.1, -0.05) is 0 Å². The van der Waals surface area contributed by atoms with Crippen LogP contribution in [-0.4, -0.2) is 13.4 Å². The summed E-state index contributed by atoms with van der Waals surface area (Å²) in [6, 6.07) is 12.5. The van der Waals surface area contributed by atoms with E-state index < -0.39 is 21.7 Å². The van der Waals surface area contributed by atoms with Crippen LogP contribution in [0.25, 0.3) is 0 Å². The van der Waals surface area contributed by atoms with E-state index in [-0.39, 0.29) is 33.3 Å². The molecule has 1 heterocycles. The summed E-state index contributed by atoms with van der Waals surface area (Å²) in [6.45, 7) is 0. The first-order valence-electron chi connectivity index (χ1n) is 7.88. The first-order chi connectivity index (χ1) is 13.8. The molecular formula is C19H10F2N4O3S. The number of benzene rings is 2. The normalized spacial score (nSPS) is 10.6. The minimum Gasteiger partial charge on any atom is -0.454 e. The Morgan fingerprint density at radius 2 is 1.62 bits per heavy atom. The lowest BCUT2D eigenvalue weighted by atomic mass is 10.2. The Balaban J connectivity index is 1.93. The summed E-state index contributed by atoms with van der Waals surface area (Å²) < 4.78 is 58.9. The molecule has 0 saturated heterocycles. The Kier molecular flexibility index (Phi) is 5.39. The first kappa shape index (κ1) is 19.7. The van der Waals surface area contributed by atoms with E-state index in [2.05, 4.69) is 9.71 Å². The summed E-state index contributed by atoms with van der Waals surface area (Å²) in [5.74, 6) is -1.56. The molecule has 144 valence electrons. The van der Waals surface area contributed by atoms with Gasteiger partial charge in [-0.15, -0.1) is 0 Å². The number of halogens is 2. The topological polar surface area (TPSA) is 116 Å². The second-order valence-corrected chi connectivity index (χ2v) is 7.27. The molecule has 0 aliphatic rings. The number of nitrogens with zero attached hydrogens (tertiary/aromatic N) is 3. The average molecular weight is 412 g/mol. The van der Waals surface area contributed by atoms with Gasteiger partial charge in [-0.3, -0.25) is 4.72 Å². The van der Waals surface area contributed by atoms with Crippen molar-refractivity contribution in [3.05, 3.63) is 77.5 Å². The van der Waals surface area contributed by atoms with Crippen molar-refractivity contribution in [3.8, 4) is 23.6 Å². The van der Waals surface area contributed by atoms with Gasteiger partial charge in [-0.2, -0.15) is 10.5 Å². The van der Waals surface area contributed by atoms with Gasteiger partial charge < -0.3 is 4.74 Å². The SMILES string of the molecule is N#Cc1cc(S(=O)(=O)Nc2ccc(F)cn2)ccc1Oc1cc(F)ccc1C#N. The number of hydrogen-bond donors (Lipinski definition) is 1. The van der Waals surface area contributed by atoms with Crippen LogP contribution in [0.15, 0.2) is 59.6 Å². The molecule has 0 fully saturated rings. The Morgan fingerprint density at radius 3 is 2.28 bits per heavy atom. The summed E-state index contributed by atoms with van der Waals surface area (Å²) >= 11 is 0. The zero-order chi connectivity index (χ0) is 21.0. The number of hydrogen-bond acceptors (Lipinski definition) is 6. The predicted molar refractivity (Wildman–Crippen MR) is 97.3 cm³/mol. The second kappa shape index (κ2) is 7.92. The van der Waals surface area contributed by atoms with Gasteiger partial charge >= 0.3 is 0 Å². The summed E-state index contributed by atoms with van der Waals surface area (Å²) in [6.07, 6.45) is 0.848. The van der Waals surface area contributed by atoms with E-state index in [1.807, 2.05) is 6.07 Å². The number of aromatic nitrogens is 1. The van der Waals surface area contributed by atoms with Crippen LogP contribution >= 0.6 is 0 Å². The fraction of sp³-hybridized carbons (Fsp3) is 0. The highest BCUT2D eigenvalue weighted by Crippen LogP contribution is 2.30. The third-order valence-electron chi connectivity index (χ3n) is 3.63. The smallest absolute Gasteiger partial charge is 0.263 e. The lowest BCUT2D eigenvalue weighted by molar-refractivity contribution is 0.473. The zero-order valence-corrected chi connectivity index (χ0v) is 15.2. The standard InChI is InChI=1S/C19H10F2N4O3S/c20-14-2-1-12(9-22)18(8-14)28-17-5-4-16(7-13(17)10-23)29(26,27)25-19-6-3-15(21)11-24-19/h1-8,11H,(H,24,25). The molecule has 0 aliphatic carbocycles. The highest BCUT2D eigenvalue weighted by molar-refractivity contribution is 7.92. The van der Waals surface area contributed by atoms with E-state index in [9.17, 15) is 22.5 Å². The van der Waals surface area contributed by atoms with Gasteiger partial charge in [0.2, 0.25) is 0 Å². The van der Waals surface area contributed by atoms with Crippen molar-refractivity contribution in [1.29, 1.82) is 10.5 Å². The van der Waals surface area contributed by atoms with Crippen molar-refractivity contribution in [2.24, 2.45) is 0 Å². The van der Waals surface area contributed by atoms with Gasteiger partial charge in [-0.05, 0) is 42.5 Å². The molecule has 0 bridgehead atoms. The van der Waals surface area contributed by atoms with E-state index in [0.29, 0.717) is 0 Å². The highest BCUT2D eigenvalue weighted by Gasteiger charge is 2.18. The summed E-state index contributed by atoms with van der Waals surface area (Å²) in [5.41, 5.74) is -0.121. The van der Waals surface area contributed by atoms with Crippen molar-refractivity contribution in [2.75, 3.05) is 4.72 Å². The van der Waals surface area contributed by atoms with Crippen LogP contribution in [0.3, 0.4) is 0 Å². The lowest BCUT2D eigenvalue weighted by Gasteiger charge is -2.11. The Hall–Kier alpha value is -4.02. The van der Waals surface area contributed by atoms with Gasteiger partial charge in [0.15, 0.2) is 0 Å². The molecule has 0 radical (unpaired) electrons. The molecule has 0 aliphatic heterocycles. The molecule has 7 nitrogen and oxygen atoms in total. The van der Waals surface area contributed by atoms with Crippen molar-refractivity contribution in [3.63, 3.8) is 0 Å². The molecule has 0 unspecified atom stereocenters. The second-order valence-electron chi connectivity index (χ2n) is 5.59. The summed E-state index contributed by atoms with van der Waals surface area (Å²) in [7, 11) is -4.12. The quantitative estimate of drug-likeness (QED) is 0.683. The Morgan fingerprint density at radius 1 is 0.897 bits per heavy atom. The number of nitriles is 2. The Bertz CT molecular complexity index is 1260. The molecule has 0 atom stereocenters. The molecular weight excluding hydrogens is 402 g/mol. The van der Waals surface area contributed by atoms with Gasteiger partial charge in [0.05, 0.1) is 22.2 Å². The van der Waals surface area contributed by atoms with Crippen molar-refractivity contribution < 1.29 is 21.9 Å². The average Bonchev–Trinajstić information content (AvgIpc) is 2.70. The number of anilines is 1. The van der Waals surface area contributed by atoms with Gasteiger partial charge in [-0.25, -0.2) is 22.2 Å². The third-order valence-corrected chi connectivity index (χ3v) is 4.98. The van der Waals surface area contributed by atoms with Crippen molar-refractivity contribution in [2.45, 2.75) is 4.90 Å². The largest absolute Gasteiger partial charge is 0.454 e. The molecule has 3 aromatic rings. The van der Waals surface area contributed by atoms with E-state index in [1.54, 1.807) is 6.07 Å². The Labute approximate surface area is 164 Å². The maximum Gasteiger partial charge on any atom is 0.263 e. The van der Waals surface area contributed by atoms with Crippen LogP contribution in [0.2, 0.25) is 0 Å². The molecule has 29 heavy (non-hydrogen) atoms. The van der Waals surface area contributed by atoms with Crippen molar-refractivity contribution in [1.82, 2.24) is 4.98 Å². The van der Waals surface area contributed by atoms with Crippen LogP contribution in [0.4, 0.5) is 14.6 Å². The van der Waals surface area contributed by atoms with Gasteiger partial charge in [0, 0.05) is 6.07 Å². The molecule has 3 rings (SSSR count). The zero-order valence-electron chi connectivity index (χ0n) is 14.4. The fourth-order valence-electron chi connectivity index (χ4n) is 2.28. The number of pyridine rings is 1. The van der Waals surface area contributed by atoms with Gasteiger partial charge in [0.25, 0.3) is 10.0 Å². The van der Waals surface area contributed by atoms with Crippen molar-refractivity contribution >= 4 is 15.8 Å². The number of sulfonamides is 1. The monoisotopic (exact) mass is 412 g/mol. The van der Waals surface area contributed by atoms with Crippen LogP contribution in [-0.2, 0) is 10.0 Å². The van der Waals surface area contributed by atoms with Crippen LogP contribution in [0, 0.1) is 34.3 Å². The van der Waals surface area contributed by atoms with Crippen LogP contribution in [0.1, 0.15) is 11.1 Å². The predicted octanol–water partition coefficient (Wildman–Crippen LogP) is 3.70. The lowest BCUT2D eigenvalue weighted by Crippen LogP contribution is -2.14. The first-order valence-corrected chi connectivity index (χ1v) is 9.37. The molecule has 2 aromatic carbocycles. The number of nitrogens with one attached hydrogen (secondary N) is 1. The van der Waals surface area contributed by atoms with E-state index in [1.165, 1.54) is 12.1 Å². The van der Waals surface area contributed by atoms with Gasteiger partial charge in [0.1, 0.15) is 41.1 Å². The van der Waals surface area contributed by atoms with E-state index in [4.69, 9.17) is 10.00 Å². The molecule has 0 saturated carbocycles. The molecule has 1 aromatic heterocycles. The number of ether oxygens (including phenoxy) is 1. The minimum absolute atomic E-state index is 0.0380. The third kappa shape index (κ3) is 4.46. The molecule has 1 N–H and O–H groups in total. The summed E-state index contributed by atoms with van der Waals surface area (Å²) in [4.78, 5) is 3.34.